The molecule has 0 bridgehead atoms. The van der Waals surface area contributed by atoms with Crippen LogP contribution in [0, 0.1) is 11.6 Å². The predicted molar refractivity (Wildman–Crippen MR) is 121 cm³/mol. The zero-order valence-electron chi connectivity index (χ0n) is 17.8. The van der Waals surface area contributed by atoms with Crippen molar-refractivity contribution in [3.8, 4) is 0 Å². The maximum Gasteiger partial charge on any atom is 0.137 e. The summed E-state index contributed by atoms with van der Waals surface area (Å²) < 4.78 is 30.1. The van der Waals surface area contributed by atoms with Crippen LogP contribution in [0.4, 0.5) is 8.78 Å². The van der Waals surface area contributed by atoms with Crippen molar-refractivity contribution in [2.75, 3.05) is 13.1 Å². The molecule has 0 N–H and O–H groups in total. The molecule has 2 atom stereocenters. The van der Waals surface area contributed by atoms with E-state index in [-0.39, 0.29) is 12.0 Å². The van der Waals surface area contributed by atoms with Crippen LogP contribution in [0.1, 0.15) is 40.4 Å². The Bertz CT molecular complexity index is 1150. The fourth-order valence-electron chi connectivity index (χ4n) is 4.46. The topological polar surface area (TPSA) is 59.2 Å². The molecule has 0 spiro atoms. The van der Waals surface area contributed by atoms with Crippen molar-refractivity contribution in [2.24, 2.45) is 4.99 Å². The first-order valence-corrected chi connectivity index (χ1v) is 11.6. The van der Waals surface area contributed by atoms with Crippen molar-refractivity contribution in [1.29, 1.82) is 0 Å². The molecule has 32 heavy (non-hydrogen) atoms. The molecule has 0 saturated carbocycles. The largest absolute Gasteiger partial charge is 0.294 e. The number of nitrogens with zero attached hydrogens (tertiary/aromatic N) is 6. The molecule has 1 aromatic carbocycles. The minimum atomic E-state index is -0.569. The lowest BCUT2D eigenvalue weighted by molar-refractivity contribution is 0.157. The van der Waals surface area contributed by atoms with Gasteiger partial charge < -0.3 is 0 Å². The number of allylic oxidation sites excluding steroid dienone is 1. The van der Waals surface area contributed by atoms with Crippen LogP contribution in [-0.4, -0.2) is 50.0 Å². The molecule has 2 aliphatic heterocycles. The Hall–Kier alpha value is -2.78. The first-order chi connectivity index (χ1) is 15.6. The molecule has 0 fully saturated rings. The first kappa shape index (κ1) is 21.1. The van der Waals surface area contributed by atoms with Gasteiger partial charge in [-0.3, -0.25) is 14.6 Å². The van der Waals surface area contributed by atoms with Crippen LogP contribution in [0.15, 0.2) is 41.9 Å². The molecule has 166 valence electrons. The Balaban J connectivity index is 1.40. The number of benzene rings is 1. The molecule has 6 nitrogen and oxygen atoms in total. The molecule has 4 heterocycles. The van der Waals surface area contributed by atoms with Crippen molar-refractivity contribution in [1.82, 2.24) is 24.6 Å². The summed E-state index contributed by atoms with van der Waals surface area (Å²) >= 11 is 1.75. The van der Waals surface area contributed by atoms with E-state index in [0.29, 0.717) is 12.1 Å². The Kier molecular flexibility index (Phi) is 5.93. The van der Waals surface area contributed by atoms with E-state index in [1.165, 1.54) is 22.8 Å². The number of aliphatic imine (C=N–C) groups is 1. The molecule has 0 aliphatic carbocycles. The third-order valence-electron chi connectivity index (χ3n) is 6.30. The van der Waals surface area contributed by atoms with E-state index in [1.807, 2.05) is 6.21 Å². The predicted octanol–water partition coefficient (Wildman–Crippen LogP) is 4.10. The second-order valence-corrected chi connectivity index (χ2v) is 9.32. The molecular weight excluding hydrogens is 430 g/mol. The zero-order valence-corrected chi connectivity index (χ0v) is 18.6. The van der Waals surface area contributed by atoms with E-state index in [1.54, 1.807) is 28.4 Å². The standard InChI is InChI=1S/C23H24F2N6S/c1-15(19(11-31-14-27-13-28-31)18-3-2-17(24)10-20(18)25)30-9-6-21-22(12-30)32-23(29-21)16-4-7-26-8-5-16/h2-4,7,10,13-15,19H,5-6,8-9,11-12H2,1H3. The Morgan fingerprint density at radius 2 is 2.12 bits per heavy atom. The quantitative estimate of drug-likeness (QED) is 0.563. The van der Waals surface area contributed by atoms with Crippen molar-refractivity contribution in [3.05, 3.63) is 69.7 Å². The van der Waals surface area contributed by atoms with E-state index in [2.05, 4.69) is 33.0 Å². The molecule has 2 aromatic heterocycles. The molecule has 5 rings (SSSR count). The van der Waals surface area contributed by atoms with Gasteiger partial charge in [0.2, 0.25) is 0 Å². The van der Waals surface area contributed by atoms with Gasteiger partial charge in [-0.15, -0.1) is 11.3 Å². The summed E-state index contributed by atoms with van der Waals surface area (Å²) in [6, 6.07) is 3.85. The van der Waals surface area contributed by atoms with Gasteiger partial charge in [0, 0.05) is 55.2 Å². The maximum atomic E-state index is 14.8. The third kappa shape index (κ3) is 4.27. The third-order valence-corrected chi connectivity index (χ3v) is 7.46. The first-order valence-electron chi connectivity index (χ1n) is 10.8. The normalized spacial score (nSPS) is 18.3. The maximum absolute atomic E-state index is 14.8. The van der Waals surface area contributed by atoms with Crippen LogP contribution >= 0.6 is 11.3 Å². The lowest BCUT2D eigenvalue weighted by Gasteiger charge is -2.37. The minimum Gasteiger partial charge on any atom is -0.294 e. The molecule has 3 aromatic rings. The van der Waals surface area contributed by atoms with Crippen LogP contribution < -0.4 is 0 Å². The number of hydrogen-bond acceptors (Lipinski definition) is 6. The van der Waals surface area contributed by atoms with Crippen molar-refractivity contribution >= 4 is 23.1 Å². The monoisotopic (exact) mass is 454 g/mol. The van der Waals surface area contributed by atoms with Gasteiger partial charge in [-0.05, 0) is 36.6 Å². The highest BCUT2D eigenvalue weighted by atomic mass is 32.1. The van der Waals surface area contributed by atoms with E-state index in [4.69, 9.17) is 4.98 Å². The average Bonchev–Trinajstić information content (AvgIpc) is 3.47. The highest BCUT2D eigenvalue weighted by Crippen LogP contribution is 2.35. The van der Waals surface area contributed by atoms with Crippen molar-refractivity contribution in [2.45, 2.75) is 44.8 Å². The van der Waals surface area contributed by atoms with Crippen LogP contribution in [0.3, 0.4) is 0 Å². The van der Waals surface area contributed by atoms with E-state index >= 15 is 0 Å². The van der Waals surface area contributed by atoms with Gasteiger partial charge in [0.25, 0.3) is 0 Å². The van der Waals surface area contributed by atoms with Crippen molar-refractivity contribution in [3.63, 3.8) is 0 Å². The van der Waals surface area contributed by atoms with E-state index in [9.17, 15) is 8.78 Å². The number of halogens is 2. The SMILES string of the molecule is CC(C(Cn1cncn1)c1ccc(F)cc1F)N1CCc2nc(C3=CC=NCC3)sc2C1. The summed E-state index contributed by atoms with van der Waals surface area (Å²) in [5, 5.41) is 5.30. The zero-order chi connectivity index (χ0) is 22.1. The summed E-state index contributed by atoms with van der Waals surface area (Å²) in [5.41, 5.74) is 2.91. The van der Waals surface area contributed by atoms with Crippen LogP contribution in [0.25, 0.3) is 5.57 Å². The van der Waals surface area contributed by atoms with E-state index in [0.717, 1.165) is 49.2 Å². The van der Waals surface area contributed by atoms with Crippen LogP contribution in [0.2, 0.25) is 0 Å². The van der Waals surface area contributed by atoms with Crippen LogP contribution in [0.5, 0.6) is 0 Å². The summed E-state index contributed by atoms with van der Waals surface area (Å²) in [6.07, 6.45) is 8.80. The van der Waals surface area contributed by atoms with Gasteiger partial charge in [0.15, 0.2) is 0 Å². The van der Waals surface area contributed by atoms with Crippen molar-refractivity contribution < 1.29 is 8.78 Å². The van der Waals surface area contributed by atoms with Gasteiger partial charge in [-0.2, -0.15) is 5.10 Å². The number of thiazole rings is 1. The number of aromatic nitrogens is 4. The summed E-state index contributed by atoms with van der Waals surface area (Å²) in [4.78, 5) is 16.8. The average molecular weight is 455 g/mol. The number of rotatable bonds is 6. The van der Waals surface area contributed by atoms with Gasteiger partial charge >= 0.3 is 0 Å². The Morgan fingerprint density at radius 3 is 2.88 bits per heavy atom. The summed E-state index contributed by atoms with van der Waals surface area (Å²) in [6.45, 7) is 5.00. The van der Waals surface area contributed by atoms with Gasteiger partial charge in [0.05, 0.1) is 12.2 Å². The molecule has 0 amide bonds. The molecule has 0 radical (unpaired) electrons. The Labute approximate surface area is 189 Å². The Morgan fingerprint density at radius 1 is 1.22 bits per heavy atom. The summed E-state index contributed by atoms with van der Waals surface area (Å²) in [5.74, 6) is -1.30. The van der Waals surface area contributed by atoms with Gasteiger partial charge in [-0.1, -0.05) is 6.07 Å². The highest BCUT2D eigenvalue weighted by Gasteiger charge is 2.31. The molecule has 2 aliphatic rings. The molecule has 9 heteroatoms. The fourth-order valence-corrected chi connectivity index (χ4v) is 5.65. The lowest BCUT2D eigenvalue weighted by Crippen LogP contribution is -2.42. The highest BCUT2D eigenvalue weighted by molar-refractivity contribution is 7.12. The fraction of sp³-hybridized carbons (Fsp3) is 0.391. The second-order valence-electron chi connectivity index (χ2n) is 8.24. The second kappa shape index (κ2) is 8.99. The van der Waals surface area contributed by atoms with Gasteiger partial charge in [0.1, 0.15) is 29.3 Å². The molecule has 2 unspecified atom stereocenters. The lowest BCUT2D eigenvalue weighted by atomic mass is 9.90. The number of fused-ring (bicyclic) bond motifs is 1. The van der Waals surface area contributed by atoms with Gasteiger partial charge in [-0.25, -0.2) is 18.7 Å². The smallest absolute Gasteiger partial charge is 0.137 e. The molecular formula is C23H24F2N6S. The summed E-state index contributed by atoms with van der Waals surface area (Å²) in [7, 11) is 0. The van der Waals surface area contributed by atoms with Crippen LogP contribution in [-0.2, 0) is 19.5 Å². The number of hydrogen-bond donors (Lipinski definition) is 0. The minimum absolute atomic E-state index is 0.0129. The molecule has 0 saturated heterocycles. The van der Waals surface area contributed by atoms with E-state index < -0.39 is 11.6 Å². The number of dihydropyridines is 1.